The topological polar surface area (TPSA) is 0 Å². The minimum atomic E-state index is -0.905. The number of hydrogen-bond acceptors (Lipinski definition) is 0. The van der Waals surface area contributed by atoms with E-state index in [4.69, 9.17) is 0 Å². The zero-order chi connectivity index (χ0) is 8.32. The van der Waals surface area contributed by atoms with Gasteiger partial charge in [-0.15, -0.1) is 0 Å². The molecule has 0 nitrogen and oxygen atoms in total. The molecule has 0 N–H and O–H groups in total. The molecule has 0 aliphatic heterocycles. The second-order valence-corrected chi connectivity index (χ2v) is 9.84. The zero-order valence-electron chi connectivity index (χ0n) is 8.06. The highest BCUT2D eigenvalue weighted by Gasteiger charge is 2.13. The van der Waals surface area contributed by atoms with Gasteiger partial charge in [-0.2, -0.15) is 0 Å². The molecule has 0 bridgehead atoms. The summed E-state index contributed by atoms with van der Waals surface area (Å²) in [7, 11) is -0.905. The van der Waals surface area contributed by atoms with Crippen molar-refractivity contribution in [1.82, 2.24) is 0 Å². The Morgan fingerprint density at radius 3 is 2.09 bits per heavy atom. The molecule has 0 aromatic carbocycles. The molecule has 1 saturated carbocycles. The van der Waals surface area contributed by atoms with Gasteiger partial charge in [0, 0.05) is 0 Å². The van der Waals surface area contributed by atoms with Crippen molar-refractivity contribution in [3.05, 3.63) is 11.8 Å². The van der Waals surface area contributed by atoms with Crippen LogP contribution in [-0.4, -0.2) is 8.07 Å². The molecule has 1 rings (SSSR count). The lowest BCUT2D eigenvalue weighted by atomic mass is 10.1. The molecule has 1 aliphatic rings. The average Bonchev–Trinajstić information content (AvgIpc) is 2.32. The molecule has 0 radical (unpaired) electrons. The van der Waals surface area contributed by atoms with Gasteiger partial charge in [-0.25, -0.2) is 0 Å². The van der Waals surface area contributed by atoms with Crippen molar-refractivity contribution in [3.8, 4) is 0 Å². The first kappa shape index (κ1) is 9.05. The van der Waals surface area contributed by atoms with E-state index in [1.807, 2.05) is 0 Å². The molecular formula is C10H20Si. The molecule has 0 unspecified atom stereocenters. The first-order valence-corrected chi connectivity index (χ1v) is 8.35. The third-order valence-electron chi connectivity index (χ3n) is 2.27. The van der Waals surface area contributed by atoms with E-state index in [2.05, 4.69) is 31.4 Å². The highest BCUT2D eigenvalue weighted by molar-refractivity contribution is 6.80. The van der Waals surface area contributed by atoms with Crippen molar-refractivity contribution >= 4 is 8.07 Å². The first-order valence-electron chi connectivity index (χ1n) is 4.77. The summed E-state index contributed by atoms with van der Waals surface area (Å²) in [5.74, 6) is 0.932. The molecule has 0 heterocycles. The van der Waals surface area contributed by atoms with Crippen LogP contribution in [-0.2, 0) is 0 Å². The SMILES string of the molecule is C[Si](C)(C)/C=C/C1CCCC1. The van der Waals surface area contributed by atoms with Crippen molar-refractivity contribution in [2.75, 3.05) is 0 Å². The Balaban J connectivity index is 2.34. The molecule has 0 atom stereocenters. The predicted octanol–water partition coefficient (Wildman–Crippen LogP) is 3.61. The van der Waals surface area contributed by atoms with Gasteiger partial charge in [0.15, 0.2) is 0 Å². The maximum atomic E-state index is 2.50. The van der Waals surface area contributed by atoms with Crippen LogP contribution in [0.3, 0.4) is 0 Å². The summed E-state index contributed by atoms with van der Waals surface area (Å²) >= 11 is 0. The van der Waals surface area contributed by atoms with Gasteiger partial charge in [0.25, 0.3) is 0 Å². The fourth-order valence-corrected chi connectivity index (χ4v) is 2.42. The third kappa shape index (κ3) is 3.75. The van der Waals surface area contributed by atoms with E-state index in [1.165, 1.54) is 25.7 Å². The van der Waals surface area contributed by atoms with Crippen LogP contribution in [0, 0.1) is 5.92 Å². The second kappa shape index (κ2) is 3.57. The molecule has 64 valence electrons. The van der Waals surface area contributed by atoms with Gasteiger partial charge in [-0.3, -0.25) is 0 Å². The largest absolute Gasteiger partial charge is 0.0986 e. The smallest absolute Gasteiger partial charge is 0.0682 e. The van der Waals surface area contributed by atoms with E-state index < -0.39 is 8.07 Å². The van der Waals surface area contributed by atoms with Gasteiger partial charge in [0.05, 0.1) is 8.07 Å². The monoisotopic (exact) mass is 168 g/mol. The first-order chi connectivity index (χ1) is 5.08. The molecule has 0 aromatic rings. The van der Waals surface area contributed by atoms with Crippen LogP contribution in [0.15, 0.2) is 11.8 Å². The Hall–Kier alpha value is -0.0431. The summed E-state index contributed by atoms with van der Waals surface area (Å²) in [6.07, 6.45) is 8.29. The number of allylic oxidation sites excluding steroid dienone is 1. The van der Waals surface area contributed by atoms with Gasteiger partial charge >= 0.3 is 0 Å². The fraction of sp³-hybridized carbons (Fsp3) is 0.800. The van der Waals surface area contributed by atoms with Crippen molar-refractivity contribution in [2.24, 2.45) is 5.92 Å². The van der Waals surface area contributed by atoms with E-state index in [0.29, 0.717) is 0 Å². The standard InChI is InChI=1S/C10H20Si/c1-11(2,3)9-8-10-6-4-5-7-10/h8-10H,4-7H2,1-3H3/b9-8+. The predicted molar refractivity (Wildman–Crippen MR) is 54.4 cm³/mol. The Morgan fingerprint density at radius 2 is 1.64 bits per heavy atom. The Labute approximate surface area is 71.7 Å². The van der Waals surface area contributed by atoms with Crippen LogP contribution >= 0.6 is 0 Å². The number of rotatable bonds is 2. The van der Waals surface area contributed by atoms with E-state index in [1.54, 1.807) is 0 Å². The van der Waals surface area contributed by atoms with Crippen LogP contribution < -0.4 is 0 Å². The molecule has 1 aliphatic carbocycles. The van der Waals surface area contributed by atoms with Crippen molar-refractivity contribution < 1.29 is 0 Å². The van der Waals surface area contributed by atoms with Gasteiger partial charge in [-0.1, -0.05) is 44.3 Å². The summed E-state index contributed by atoms with van der Waals surface area (Å²) in [6, 6.07) is 0. The second-order valence-electron chi connectivity index (χ2n) is 4.77. The van der Waals surface area contributed by atoms with E-state index in [9.17, 15) is 0 Å². The summed E-state index contributed by atoms with van der Waals surface area (Å²) in [5.41, 5.74) is 2.50. The molecule has 1 fully saturated rings. The van der Waals surface area contributed by atoms with Crippen molar-refractivity contribution in [1.29, 1.82) is 0 Å². The van der Waals surface area contributed by atoms with Crippen LogP contribution in [0.2, 0.25) is 19.6 Å². The van der Waals surface area contributed by atoms with E-state index >= 15 is 0 Å². The average molecular weight is 168 g/mol. The van der Waals surface area contributed by atoms with Gasteiger partial charge in [-0.05, 0) is 18.8 Å². The summed E-state index contributed by atoms with van der Waals surface area (Å²) in [5, 5.41) is 0. The normalized spacial score (nSPS) is 21.7. The Kier molecular flexibility index (Phi) is 2.94. The number of hydrogen-bond donors (Lipinski definition) is 0. The van der Waals surface area contributed by atoms with Crippen LogP contribution in [0.4, 0.5) is 0 Å². The van der Waals surface area contributed by atoms with Gasteiger partial charge < -0.3 is 0 Å². The van der Waals surface area contributed by atoms with E-state index in [0.717, 1.165) is 5.92 Å². The third-order valence-corrected chi connectivity index (χ3v) is 3.46. The quantitative estimate of drug-likeness (QED) is 0.553. The lowest BCUT2D eigenvalue weighted by molar-refractivity contribution is 0.686. The maximum Gasteiger partial charge on any atom is 0.0682 e. The molecule has 0 spiro atoms. The maximum absolute atomic E-state index is 2.50. The highest BCUT2D eigenvalue weighted by Crippen LogP contribution is 2.26. The van der Waals surface area contributed by atoms with Crippen LogP contribution in [0.5, 0.6) is 0 Å². The van der Waals surface area contributed by atoms with Gasteiger partial charge in [0.2, 0.25) is 0 Å². The Bertz CT molecular complexity index is 135. The lowest BCUT2D eigenvalue weighted by Gasteiger charge is -2.10. The zero-order valence-corrected chi connectivity index (χ0v) is 9.06. The Morgan fingerprint density at radius 1 is 1.09 bits per heavy atom. The molecule has 0 amide bonds. The van der Waals surface area contributed by atoms with Crippen molar-refractivity contribution in [3.63, 3.8) is 0 Å². The highest BCUT2D eigenvalue weighted by atomic mass is 28.3. The van der Waals surface area contributed by atoms with Crippen LogP contribution in [0.1, 0.15) is 25.7 Å². The minimum Gasteiger partial charge on any atom is -0.0986 e. The van der Waals surface area contributed by atoms with Crippen LogP contribution in [0.25, 0.3) is 0 Å². The minimum absolute atomic E-state index is 0.905. The molecule has 1 heteroatoms. The lowest BCUT2D eigenvalue weighted by Crippen LogP contribution is -2.15. The summed E-state index contributed by atoms with van der Waals surface area (Å²) < 4.78 is 0. The molecule has 11 heavy (non-hydrogen) atoms. The summed E-state index contributed by atoms with van der Waals surface area (Å²) in [4.78, 5) is 0. The van der Waals surface area contributed by atoms with Crippen molar-refractivity contribution in [2.45, 2.75) is 45.3 Å². The van der Waals surface area contributed by atoms with E-state index in [-0.39, 0.29) is 0 Å². The molecule has 0 aromatic heterocycles. The summed E-state index contributed by atoms with van der Waals surface area (Å²) in [6.45, 7) is 7.20. The van der Waals surface area contributed by atoms with Gasteiger partial charge in [0.1, 0.15) is 0 Å². The molecule has 0 saturated heterocycles. The fourth-order valence-electron chi connectivity index (χ4n) is 1.57. The molecular weight excluding hydrogens is 148 g/mol.